The summed E-state index contributed by atoms with van der Waals surface area (Å²) in [6.45, 7) is 1.29. The van der Waals surface area contributed by atoms with E-state index >= 15 is 0 Å². The molecule has 88 valence electrons. The Balaban J connectivity index is 3.05. The van der Waals surface area contributed by atoms with Gasteiger partial charge in [-0.25, -0.2) is 0 Å². The van der Waals surface area contributed by atoms with E-state index in [0.29, 0.717) is 0 Å². The van der Waals surface area contributed by atoms with E-state index in [-0.39, 0.29) is 5.56 Å². The number of aliphatic carboxylic acids is 1. The lowest BCUT2D eigenvalue weighted by atomic mass is 10.0. The molecule has 1 rings (SSSR count). The number of rotatable bonds is 3. The van der Waals surface area contributed by atoms with Crippen molar-refractivity contribution in [1.82, 2.24) is 0 Å². The van der Waals surface area contributed by atoms with Gasteiger partial charge in [-0.1, -0.05) is 18.2 Å². The molecule has 0 amide bonds. The van der Waals surface area contributed by atoms with Crippen molar-refractivity contribution in [3.63, 3.8) is 0 Å². The Morgan fingerprint density at radius 1 is 1.38 bits per heavy atom. The minimum absolute atomic E-state index is 0.00711. The molecule has 0 aliphatic rings. The number of hydrogen-bond donors (Lipinski definition) is 1. The van der Waals surface area contributed by atoms with Crippen LogP contribution in [0.4, 0.5) is 13.2 Å². The van der Waals surface area contributed by atoms with Gasteiger partial charge in [-0.2, -0.15) is 0 Å². The minimum atomic E-state index is -4.83. The van der Waals surface area contributed by atoms with Gasteiger partial charge in [0.1, 0.15) is 5.75 Å². The van der Waals surface area contributed by atoms with Crippen molar-refractivity contribution in [3.8, 4) is 5.75 Å². The SMILES string of the molecule is CC(C(=O)O)c1ccccc1OC(F)(F)F. The summed E-state index contributed by atoms with van der Waals surface area (Å²) >= 11 is 0. The van der Waals surface area contributed by atoms with E-state index in [1.807, 2.05) is 0 Å². The van der Waals surface area contributed by atoms with Crippen LogP contribution in [0.1, 0.15) is 18.4 Å². The van der Waals surface area contributed by atoms with E-state index in [4.69, 9.17) is 5.11 Å². The molecule has 0 aliphatic heterocycles. The highest BCUT2D eigenvalue weighted by Gasteiger charge is 2.33. The molecule has 0 heterocycles. The van der Waals surface area contributed by atoms with Crippen LogP contribution < -0.4 is 4.74 Å². The fraction of sp³-hybridized carbons (Fsp3) is 0.300. The summed E-state index contributed by atoms with van der Waals surface area (Å²) in [6.07, 6.45) is -4.83. The van der Waals surface area contributed by atoms with Gasteiger partial charge in [0.15, 0.2) is 0 Å². The fourth-order valence-electron chi connectivity index (χ4n) is 1.19. The molecule has 0 aromatic heterocycles. The highest BCUT2D eigenvalue weighted by atomic mass is 19.4. The zero-order valence-corrected chi connectivity index (χ0v) is 8.28. The maximum atomic E-state index is 12.0. The van der Waals surface area contributed by atoms with Crippen molar-refractivity contribution in [2.75, 3.05) is 0 Å². The molecule has 0 saturated carbocycles. The van der Waals surface area contributed by atoms with E-state index in [9.17, 15) is 18.0 Å². The first kappa shape index (κ1) is 12.4. The lowest BCUT2D eigenvalue weighted by Gasteiger charge is -2.15. The zero-order chi connectivity index (χ0) is 12.3. The second kappa shape index (κ2) is 4.42. The Morgan fingerprint density at radius 2 is 1.94 bits per heavy atom. The Morgan fingerprint density at radius 3 is 2.44 bits per heavy atom. The molecule has 0 saturated heterocycles. The first-order valence-corrected chi connectivity index (χ1v) is 4.38. The van der Waals surface area contributed by atoms with Crippen LogP contribution in [0.25, 0.3) is 0 Å². The van der Waals surface area contributed by atoms with Gasteiger partial charge in [0.05, 0.1) is 5.92 Å². The number of ether oxygens (including phenoxy) is 1. The predicted molar refractivity (Wildman–Crippen MR) is 49.2 cm³/mol. The summed E-state index contributed by atoms with van der Waals surface area (Å²) in [6, 6.07) is 5.18. The Bertz CT molecular complexity index is 387. The van der Waals surface area contributed by atoms with Crippen LogP contribution in [0, 0.1) is 0 Å². The summed E-state index contributed by atoms with van der Waals surface area (Å²) < 4.78 is 39.8. The number of carboxylic acid groups (broad SMARTS) is 1. The average Bonchev–Trinajstić information content (AvgIpc) is 2.15. The van der Waals surface area contributed by atoms with Gasteiger partial charge in [-0.15, -0.1) is 13.2 Å². The van der Waals surface area contributed by atoms with Crippen LogP contribution in [0.2, 0.25) is 0 Å². The monoisotopic (exact) mass is 234 g/mol. The molecule has 0 spiro atoms. The standard InChI is InChI=1S/C10H9F3O3/c1-6(9(14)15)7-4-2-3-5-8(7)16-10(11,12)13/h2-6H,1H3,(H,14,15). The molecule has 16 heavy (non-hydrogen) atoms. The van der Waals surface area contributed by atoms with Gasteiger partial charge < -0.3 is 9.84 Å². The van der Waals surface area contributed by atoms with Gasteiger partial charge in [-0.3, -0.25) is 4.79 Å². The fourth-order valence-corrected chi connectivity index (χ4v) is 1.19. The smallest absolute Gasteiger partial charge is 0.481 e. The minimum Gasteiger partial charge on any atom is -0.481 e. The van der Waals surface area contributed by atoms with Crippen molar-refractivity contribution >= 4 is 5.97 Å². The molecule has 0 aliphatic carbocycles. The van der Waals surface area contributed by atoms with Gasteiger partial charge in [0, 0.05) is 5.56 Å². The summed E-state index contributed by atoms with van der Waals surface area (Å²) in [5.74, 6) is -2.75. The number of carboxylic acids is 1. The maximum absolute atomic E-state index is 12.0. The molecule has 1 aromatic rings. The Hall–Kier alpha value is -1.72. The summed E-state index contributed by atoms with van der Waals surface area (Å²) in [5, 5.41) is 8.72. The Kier molecular flexibility index (Phi) is 3.41. The quantitative estimate of drug-likeness (QED) is 0.874. The van der Waals surface area contributed by atoms with Crippen LogP contribution in [0.3, 0.4) is 0 Å². The second-order valence-corrected chi connectivity index (χ2v) is 3.15. The first-order valence-electron chi connectivity index (χ1n) is 4.38. The lowest BCUT2D eigenvalue weighted by Crippen LogP contribution is -2.19. The van der Waals surface area contributed by atoms with E-state index in [1.165, 1.54) is 25.1 Å². The third kappa shape index (κ3) is 3.15. The third-order valence-corrected chi connectivity index (χ3v) is 1.98. The third-order valence-electron chi connectivity index (χ3n) is 1.98. The maximum Gasteiger partial charge on any atom is 0.573 e. The molecule has 3 nitrogen and oxygen atoms in total. The average molecular weight is 234 g/mol. The second-order valence-electron chi connectivity index (χ2n) is 3.15. The van der Waals surface area contributed by atoms with Crippen molar-refractivity contribution in [3.05, 3.63) is 29.8 Å². The largest absolute Gasteiger partial charge is 0.573 e. The highest BCUT2D eigenvalue weighted by molar-refractivity contribution is 5.76. The summed E-state index contributed by atoms with van der Waals surface area (Å²) in [5.41, 5.74) is -0.00711. The van der Waals surface area contributed by atoms with Crippen LogP contribution >= 0.6 is 0 Å². The molecule has 0 bridgehead atoms. The normalized spacial score (nSPS) is 13.2. The molecule has 1 N–H and O–H groups in total. The van der Waals surface area contributed by atoms with Crippen LogP contribution in [-0.4, -0.2) is 17.4 Å². The number of hydrogen-bond acceptors (Lipinski definition) is 2. The molecular weight excluding hydrogens is 225 g/mol. The zero-order valence-electron chi connectivity index (χ0n) is 8.28. The Labute approximate surface area is 89.5 Å². The number of halogens is 3. The van der Waals surface area contributed by atoms with Crippen molar-refractivity contribution in [2.24, 2.45) is 0 Å². The van der Waals surface area contributed by atoms with Crippen molar-refractivity contribution in [1.29, 1.82) is 0 Å². The first-order chi connectivity index (χ1) is 7.31. The molecule has 6 heteroatoms. The van der Waals surface area contributed by atoms with E-state index < -0.39 is 24.0 Å². The lowest BCUT2D eigenvalue weighted by molar-refractivity contribution is -0.275. The number of benzene rings is 1. The molecule has 0 fully saturated rings. The van der Waals surface area contributed by atoms with Crippen LogP contribution in [0.5, 0.6) is 5.75 Å². The van der Waals surface area contributed by atoms with Crippen molar-refractivity contribution in [2.45, 2.75) is 19.2 Å². The predicted octanol–water partition coefficient (Wildman–Crippen LogP) is 2.77. The van der Waals surface area contributed by atoms with E-state index in [0.717, 1.165) is 6.07 Å². The van der Waals surface area contributed by atoms with E-state index in [1.54, 1.807) is 0 Å². The van der Waals surface area contributed by atoms with Crippen molar-refractivity contribution < 1.29 is 27.8 Å². The molecule has 1 aromatic carbocycles. The number of carbonyl (C=O) groups is 1. The van der Waals surface area contributed by atoms with Crippen LogP contribution in [0.15, 0.2) is 24.3 Å². The topological polar surface area (TPSA) is 46.5 Å². The van der Waals surface area contributed by atoms with Gasteiger partial charge in [0.2, 0.25) is 0 Å². The molecule has 1 atom stereocenters. The molecule has 0 radical (unpaired) electrons. The van der Waals surface area contributed by atoms with Gasteiger partial charge in [0.25, 0.3) is 0 Å². The van der Waals surface area contributed by atoms with Crippen LogP contribution in [-0.2, 0) is 4.79 Å². The van der Waals surface area contributed by atoms with Gasteiger partial charge in [-0.05, 0) is 13.0 Å². The summed E-state index contributed by atoms with van der Waals surface area (Å²) in [7, 11) is 0. The summed E-state index contributed by atoms with van der Waals surface area (Å²) in [4.78, 5) is 10.7. The van der Waals surface area contributed by atoms with Gasteiger partial charge >= 0.3 is 12.3 Å². The highest BCUT2D eigenvalue weighted by Crippen LogP contribution is 2.31. The number of alkyl halides is 3. The van der Waals surface area contributed by atoms with E-state index in [2.05, 4.69) is 4.74 Å². The number of para-hydroxylation sites is 1. The molecular formula is C10H9F3O3. The molecule has 1 unspecified atom stereocenters.